The number of amides is 4. The molecule has 0 saturated carbocycles. The van der Waals surface area contributed by atoms with Crippen LogP contribution >= 0.6 is 0 Å². The van der Waals surface area contributed by atoms with Crippen molar-refractivity contribution in [3.05, 3.63) is 133 Å². The van der Waals surface area contributed by atoms with Crippen LogP contribution in [0.3, 0.4) is 0 Å². The van der Waals surface area contributed by atoms with Crippen molar-refractivity contribution < 1.29 is 47.7 Å². The highest BCUT2D eigenvalue weighted by Gasteiger charge is 2.34. The Morgan fingerprint density at radius 3 is 1.85 bits per heavy atom. The molecule has 23 heteroatoms. The van der Waals surface area contributed by atoms with Crippen LogP contribution in [-0.4, -0.2) is 134 Å². The van der Waals surface area contributed by atoms with Crippen LogP contribution in [0.5, 0.6) is 5.75 Å². The van der Waals surface area contributed by atoms with Crippen LogP contribution in [0.2, 0.25) is 0 Å². The molecule has 0 spiro atoms. The minimum atomic E-state index is -0.744. The molecule has 86 heavy (non-hydrogen) atoms. The van der Waals surface area contributed by atoms with Gasteiger partial charge in [0.25, 0.3) is 11.8 Å². The monoisotopic (exact) mass is 1170 g/mol. The number of unbranched alkanes of at least 4 members (excludes halogenated alkanes) is 1. The molecule has 2 fully saturated rings. The predicted molar refractivity (Wildman–Crippen MR) is 323 cm³/mol. The molecule has 0 aliphatic carbocycles. The molecule has 0 radical (unpaired) electrons. The largest absolute Gasteiger partial charge is 0.449 e. The number of benzene rings is 2. The summed E-state index contributed by atoms with van der Waals surface area (Å²) < 4.78 is 28.8. The van der Waals surface area contributed by atoms with E-state index < -0.39 is 29.3 Å². The lowest BCUT2D eigenvalue weighted by atomic mass is 9.92. The van der Waals surface area contributed by atoms with Crippen molar-refractivity contribution in [2.75, 3.05) is 43.4 Å². The summed E-state index contributed by atoms with van der Waals surface area (Å²) in [6.07, 6.45) is 15.9. The van der Waals surface area contributed by atoms with E-state index in [1.165, 1.54) is 10.8 Å². The molecular formula is C63H75N13O10. The maximum Gasteiger partial charge on any atom is 0.435 e. The van der Waals surface area contributed by atoms with Crippen molar-refractivity contribution in [3.63, 3.8) is 0 Å². The number of carbonyl (C=O) groups excluding carboxylic acids is 6. The summed E-state index contributed by atoms with van der Waals surface area (Å²) in [4.78, 5) is 89.6. The number of nitrogens with zero attached hydrogens (tertiary/aromatic N) is 11. The topological polar surface area (TPSA) is 254 Å². The van der Waals surface area contributed by atoms with Gasteiger partial charge in [0, 0.05) is 97.0 Å². The lowest BCUT2D eigenvalue weighted by Gasteiger charge is -2.33. The van der Waals surface area contributed by atoms with Gasteiger partial charge in [-0.15, -0.1) is 0 Å². The maximum absolute atomic E-state index is 13.7. The third-order valence-electron chi connectivity index (χ3n) is 14.4. The molecule has 2 aliphatic heterocycles. The van der Waals surface area contributed by atoms with Gasteiger partial charge in [-0.1, -0.05) is 37.6 Å². The molecule has 0 atom stereocenters. The molecule has 4 amide bonds. The molecule has 10 rings (SSSR count). The van der Waals surface area contributed by atoms with E-state index in [-0.39, 0.29) is 41.3 Å². The molecule has 8 heterocycles. The van der Waals surface area contributed by atoms with Gasteiger partial charge in [0.1, 0.15) is 11.2 Å². The van der Waals surface area contributed by atoms with Gasteiger partial charge in [0.05, 0.1) is 52.9 Å². The fourth-order valence-corrected chi connectivity index (χ4v) is 10.2. The van der Waals surface area contributed by atoms with Crippen molar-refractivity contribution in [1.29, 1.82) is 0 Å². The summed E-state index contributed by atoms with van der Waals surface area (Å²) in [6, 6.07) is 19.5. The summed E-state index contributed by atoms with van der Waals surface area (Å²) >= 11 is 0. The second kappa shape index (κ2) is 25.8. The first-order valence-corrected chi connectivity index (χ1v) is 29.0. The number of pyridine rings is 2. The Morgan fingerprint density at radius 2 is 1.22 bits per heavy atom. The fraction of sp³-hybridized carbons (Fsp3) is 0.413. The zero-order valence-electron chi connectivity index (χ0n) is 50.4. The van der Waals surface area contributed by atoms with Gasteiger partial charge >= 0.3 is 24.4 Å². The van der Waals surface area contributed by atoms with E-state index in [0.29, 0.717) is 90.1 Å². The number of ether oxygens (including phenoxy) is 4. The Labute approximate surface area is 498 Å². The van der Waals surface area contributed by atoms with Crippen LogP contribution in [0.25, 0.3) is 32.9 Å². The number of carbonyl (C=O) groups is 6. The van der Waals surface area contributed by atoms with Crippen molar-refractivity contribution in [2.45, 2.75) is 136 Å². The van der Waals surface area contributed by atoms with E-state index in [2.05, 4.69) is 42.8 Å². The minimum Gasteiger partial charge on any atom is -0.449 e. The molecule has 0 bridgehead atoms. The van der Waals surface area contributed by atoms with Crippen molar-refractivity contribution >= 4 is 69.4 Å². The predicted octanol–water partition coefficient (Wildman–Crippen LogP) is 12.3. The van der Waals surface area contributed by atoms with Gasteiger partial charge < -0.3 is 39.4 Å². The summed E-state index contributed by atoms with van der Waals surface area (Å²) in [5.74, 6) is -0.435. The highest BCUT2D eigenvalue weighted by Crippen LogP contribution is 2.38. The van der Waals surface area contributed by atoms with Gasteiger partial charge in [0.2, 0.25) is 0 Å². The number of para-hydroxylation sites is 1. The standard InChI is InChI=1S/C32H38N6O5.C31H37N7O5/c1-5-6-19-42-30(40)36-17-13-22(14-18-36)28-27(20-34-38(28)32(2,3)4)43-31(41)37-21-25(24-9-7-8-10-26(24)37)29(39)35-23-11-15-33-16-12-23;1-30(2,3)42-28(40)36-15-11-23(12-16-36)37-19-21(18-33-37)20-7-8-25-24(17-20)26(27(39)34-22-9-13-32-14-10-22)35-38(25)29(41)43-31(4,5)6/h7-12,15-16,20-22H,5-6,13-14,17-19H2,1-4H3,(H,33,35,39);7-10,13-14,17-19,23H,11-12,15-16H2,1-6H3,(H,32,34,39). The van der Waals surface area contributed by atoms with E-state index >= 15 is 0 Å². The third kappa shape index (κ3) is 14.7. The SMILES string of the molecule is CC(C)(C)OC(=O)N1CCC(n2cc(-c3ccc4c(c3)c(C(=O)Nc3ccncc3)nn4C(=O)OC(C)(C)C)cn2)CC1.CCCCOC(=O)N1CCC(c2c(OC(=O)n3cc(C(=O)Nc4ccncc4)c4ccccc43)cnn2C(C)(C)C)CC1. The maximum atomic E-state index is 13.7. The van der Waals surface area contributed by atoms with Gasteiger partial charge in [-0.05, 0) is 142 Å². The van der Waals surface area contributed by atoms with Gasteiger partial charge in [-0.3, -0.25) is 33.5 Å². The molecule has 2 N–H and O–H groups in total. The fourth-order valence-electron chi connectivity index (χ4n) is 10.2. The van der Waals surface area contributed by atoms with E-state index in [0.717, 1.165) is 47.2 Å². The van der Waals surface area contributed by atoms with Crippen molar-refractivity contribution in [2.24, 2.45) is 0 Å². The van der Waals surface area contributed by atoms with E-state index in [4.69, 9.17) is 18.9 Å². The molecule has 2 saturated heterocycles. The molecule has 6 aromatic heterocycles. The Balaban J connectivity index is 0.000000205. The Kier molecular flexibility index (Phi) is 18.4. The molecule has 2 aromatic carbocycles. The van der Waals surface area contributed by atoms with Crippen LogP contribution in [-0.2, 0) is 19.7 Å². The quantitative estimate of drug-likeness (QED) is 0.0902. The number of fused-ring (bicyclic) bond motifs is 2. The Bertz CT molecular complexity index is 3720. The summed E-state index contributed by atoms with van der Waals surface area (Å²) in [5, 5.41) is 20.4. The summed E-state index contributed by atoms with van der Waals surface area (Å²) in [6.45, 7) is 21.7. The average molecular weight is 1170 g/mol. The Hall–Kier alpha value is -9.41. The number of hydrogen-bond acceptors (Lipinski definition) is 15. The van der Waals surface area contributed by atoms with Crippen LogP contribution in [0.1, 0.15) is 146 Å². The first-order chi connectivity index (χ1) is 40.9. The van der Waals surface area contributed by atoms with Crippen LogP contribution in [0.15, 0.2) is 116 Å². The highest BCUT2D eigenvalue weighted by molar-refractivity contribution is 6.14. The third-order valence-corrected chi connectivity index (χ3v) is 14.4. The molecule has 8 aromatic rings. The molecule has 2 aliphatic rings. The number of likely N-dealkylation sites (tertiary alicyclic amines) is 2. The summed E-state index contributed by atoms with van der Waals surface area (Å²) in [5.41, 5.74) is 3.39. The number of anilines is 2. The highest BCUT2D eigenvalue weighted by atomic mass is 16.6. The molecule has 452 valence electrons. The van der Waals surface area contributed by atoms with Crippen LogP contribution < -0.4 is 15.4 Å². The summed E-state index contributed by atoms with van der Waals surface area (Å²) in [7, 11) is 0. The molecular weight excluding hydrogens is 1100 g/mol. The zero-order chi connectivity index (χ0) is 61.5. The first-order valence-electron chi connectivity index (χ1n) is 29.0. The van der Waals surface area contributed by atoms with Gasteiger partial charge in [0.15, 0.2) is 11.4 Å². The average Bonchev–Trinajstić information content (AvgIpc) is 1.92. The van der Waals surface area contributed by atoms with Gasteiger partial charge in [-0.25, -0.2) is 19.2 Å². The second-order valence-corrected chi connectivity index (χ2v) is 24.3. The smallest absolute Gasteiger partial charge is 0.435 e. The molecule has 0 unspecified atom stereocenters. The lowest BCUT2D eigenvalue weighted by molar-refractivity contribution is 0.0184. The number of aromatic nitrogens is 9. The first kappa shape index (κ1) is 61.2. The zero-order valence-corrected chi connectivity index (χ0v) is 50.4. The molecule has 23 nitrogen and oxygen atoms in total. The number of piperidine rings is 2. The number of hydrogen-bond donors (Lipinski definition) is 2. The minimum absolute atomic E-state index is 0.0207. The van der Waals surface area contributed by atoms with E-state index in [9.17, 15) is 28.8 Å². The van der Waals surface area contributed by atoms with E-state index in [1.807, 2.05) is 75.3 Å². The lowest BCUT2D eigenvalue weighted by Crippen LogP contribution is -2.42. The van der Waals surface area contributed by atoms with Crippen molar-refractivity contribution in [1.82, 2.24) is 53.7 Å². The van der Waals surface area contributed by atoms with Crippen LogP contribution in [0.4, 0.5) is 30.6 Å². The number of nitrogens with one attached hydrogen (secondary N) is 2. The Morgan fingerprint density at radius 1 is 0.616 bits per heavy atom. The van der Waals surface area contributed by atoms with E-state index in [1.54, 1.807) is 116 Å². The second-order valence-electron chi connectivity index (χ2n) is 24.3. The normalized spacial score (nSPS) is 14.3. The number of rotatable bonds is 11. The van der Waals surface area contributed by atoms with Crippen LogP contribution in [0, 0.1) is 0 Å². The van der Waals surface area contributed by atoms with Gasteiger partial charge in [-0.2, -0.15) is 20.0 Å². The van der Waals surface area contributed by atoms with Crippen molar-refractivity contribution in [3.8, 4) is 16.9 Å².